The van der Waals surface area contributed by atoms with Crippen molar-refractivity contribution in [2.75, 3.05) is 43.6 Å². The van der Waals surface area contributed by atoms with E-state index in [1.165, 1.54) is 11.4 Å². The van der Waals surface area contributed by atoms with Crippen molar-refractivity contribution < 1.29 is 0 Å². The number of guanidine groups is 1. The number of aliphatic imine (C=N–C) groups is 1. The molecular weight excluding hydrogens is 360 g/mol. The van der Waals surface area contributed by atoms with Crippen molar-refractivity contribution in [1.29, 1.82) is 0 Å². The molecule has 122 valence electrons. The average Bonchev–Trinajstić information content (AvgIpc) is 2.99. The molecule has 1 unspecified atom stereocenters. The molecule has 0 spiro atoms. The van der Waals surface area contributed by atoms with Crippen molar-refractivity contribution in [1.82, 2.24) is 10.6 Å². The van der Waals surface area contributed by atoms with Gasteiger partial charge in [-0.2, -0.15) is 11.8 Å². The van der Waals surface area contributed by atoms with Crippen LogP contribution in [-0.2, 0) is 0 Å². The fourth-order valence-corrected chi connectivity index (χ4v) is 3.27. The largest absolute Gasteiger partial charge is 0.369 e. The molecule has 0 saturated carbocycles. The minimum Gasteiger partial charge on any atom is -0.369 e. The molecule has 1 fully saturated rings. The van der Waals surface area contributed by atoms with Crippen LogP contribution in [0.4, 0.5) is 5.69 Å². The van der Waals surface area contributed by atoms with Crippen LogP contribution in [0.2, 0.25) is 0 Å². The molecule has 1 aromatic rings. The summed E-state index contributed by atoms with van der Waals surface area (Å²) in [6.45, 7) is 3.08. The lowest BCUT2D eigenvalue weighted by Crippen LogP contribution is -2.44. The molecule has 0 bridgehead atoms. The second-order valence-electron chi connectivity index (χ2n) is 5.40. The molecule has 1 aliphatic heterocycles. The van der Waals surface area contributed by atoms with Gasteiger partial charge in [0.1, 0.15) is 0 Å². The standard InChI is InChI=1S/C16H25BrN4S/c1-18-16(19-9-3-11-22-2)20-14-8-10-21(12-14)15-6-4-13(17)5-7-15/h4-7,14H,3,8-12H2,1-2H3,(H2,18,19,20). The van der Waals surface area contributed by atoms with Crippen LogP contribution in [0.15, 0.2) is 33.7 Å². The number of hydrogen-bond acceptors (Lipinski definition) is 3. The number of rotatable bonds is 6. The Morgan fingerprint density at radius 1 is 1.41 bits per heavy atom. The van der Waals surface area contributed by atoms with Crippen molar-refractivity contribution >= 4 is 39.3 Å². The molecule has 2 N–H and O–H groups in total. The van der Waals surface area contributed by atoms with Gasteiger partial charge in [-0.25, -0.2) is 0 Å². The zero-order valence-electron chi connectivity index (χ0n) is 13.3. The predicted octanol–water partition coefficient (Wildman–Crippen LogP) is 2.95. The number of nitrogens with one attached hydrogen (secondary N) is 2. The Hall–Kier alpha value is -0.880. The van der Waals surface area contributed by atoms with Crippen molar-refractivity contribution in [2.45, 2.75) is 18.9 Å². The first kappa shape index (κ1) is 17.5. The van der Waals surface area contributed by atoms with Gasteiger partial charge in [0.25, 0.3) is 0 Å². The van der Waals surface area contributed by atoms with Crippen LogP contribution in [0.1, 0.15) is 12.8 Å². The maximum absolute atomic E-state index is 4.32. The van der Waals surface area contributed by atoms with Crippen molar-refractivity contribution in [2.24, 2.45) is 4.99 Å². The van der Waals surface area contributed by atoms with E-state index in [1.54, 1.807) is 0 Å². The third-order valence-electron chi connectivity index (χ3n) is 3.76. The second kappa shape index (κ2) is 9.30. The Balaban J connectivity index is 1.78. The zero-order valence-corrected chi connectivity index (χ0v) is 15.7. The number of nitrogens with zero attached hydrogens (tertiary/aromatic N) is 2. The molecule has 0 radical (unpaired) electrons. The summed E-state index contributed by atoms with van der Waals surface area (Å²) in [4.78, 5) is 6.74. The Labute approximate surface area is 146 Å². The maximum Gasteiger partial charge on any atom is 0.191 e. The molecule has 1 atom stereocenters. The predicted molar refractivity (Wildman–Crippen MR) is 102 cm³/mol. The molecule has 0 amide bonds. The first-order valence-corrected chi connectivity index (χ1v) is 9.88. The number of anilines is 1. The summed E-state index contributed by atoms with van der Waals surface area (Å²) >= 11 is 5.37. The molecule has 6 heteroatoms. The molecule has 1 saturated heterocycles. The summed E-state index contributed by atoms with van der Waals surface area (Å²) < 4.78 is 1.12. The molecule has 1 heterocycles. The third kappa shape index (κ3) is 5.39. The Bertz CT molecular complexity index is 478. The van der Waals surface area contributed by atoms with Crippen molar-refractivity contribution in [3.05, 3.63) is 28.7 Å². The van der Waals surface area contributed by atoms with Crippen LogP contribution in [0.25, 0.3) is 0 Å². The monoisotopic (exact) mass is 384 g/mol. The Morgan fingerprint density at radius 3 is 2.86 bits per heavy atom. The smallest absolute Gasteiger partial charge is 0.191 e. The summed E-state index contributed by atoms with van der Waals surface area (Å²) in [5, 5.41) is 6.93. The minimum atomic E-state index is 0.454. The highest BCUT2D eigenvalue weighted by Crippen LogP contribution is 2.22. The van der Waals surface area contributed by atoms with Crippen LogP contribution in [0.3, 0.4) is 0 Å². The Morgan fingerprint density at radius 2 is 2.18 bits per heavy atom. The van der Waals surface area contributed by atoms with Gasteiger partial charge in [-0.1, -0.05) is 15.9 Å². The molecule has 4 nitrogen and oxygen atoms in total. The number of hydrogen-bond donors (Lipinski definition) is 2. The fourth-order valence-electron chi connectivity index (χ4n) is 2.58. The quantitative estimate of drug-likeness (QED) is 0.449. The van der Waals surface area contributed by atoms with E-state index in [0.29, 0.717) is 6.04 Å². The number of benzene rings is 1. The first-order chi connectivity index (χ1) is 10.7. The van der Waals surface area contributed by atoms with Gasteiger partial charge in [-0.3, -0.25) is 4.99 Å². The van der Waals surface area contributed by atoms with E-state index in [9.17, 15) is 0 Å². The summed E-state index contributed by atoms with van der Waals surface area (Å²) in [5.41, 5.74) is 1.29. The topological polar surface area (TPSA) is 39.7 Å². The summed E-state index contributed by atoms with van der Waals surface area (Å²) in [5.74, 6) is 2.11. The van der Waals surface area contributed by atoms with E-state index in [-0.39, 0.29) is 0 Å². The van der Waals surface area contributed by atoms with Crippen molar-refractivity contribution in [3.63, 3.8) is 0 Å². The number of thioether (sulfide) groups is 1. The van der Waals surface area contributed by atoms with Gasteiger partial charge in [0.15, 0.2) is 5.96 Å². The van der Waals surface area contributed by atoms with Crippen LogP contribution >= 0.6 is 27.7 Å². The summed E-state index contributed by atoms with van der Waals surface area (Å²) in [7, 11) is 1.84. The molecule has 2 rings (SSSR count). The highest BCUT2D eigenvalue weighted by molar-refractivity contribution is 9.10. The van der Waals surface area contributed by atoms with E-state index < -0.39 is 0 Å². The van der Waals surface area contributed by atoms with Gasteiger partial charge < -0.3 is 15.5 Å². The summed E-state index contributed by atoms with van der Waals surface area (Å²) in [6.07, 6.45) is 4.45. The lowest BCUT2D eigenvalue weighted by Gasteiger charge is -2.20. The highest BCUT2D eigenvalue weighted by atomic mass is 79.9. The Kier molecular flexibility index (Phi) is 7.39. The van der Waals surface area contributed by atoms with E-state index >= 15 is 0 Å². The lowest BCUT2D eigenvalue weighted by atomic mass is 10.3. The maximum atomic E-state index is 4.32. The minimum absolute atomic E-state index is 0.454. The second-order valence-corrected chi connectivity index (χ2v) is 7.30. The highest BCUT2D eigenvalue weighted by Gasteiger charge is 2.23. The molecule has 1 aromatic carbocycles. The summed E-state index contributed by atoms with van der Waals surface area (Å²) in [6, 6.07) is 8.99. The molecular formula is C16H25BrN4S. The van der Waals surface area contributed by atoms with E-state index in [4.69, 9.17) is 0 Å². The zero-order chi connectivity index (χ0) is 15.8. The van der Waals surface area contributed by atoms with Gasteiger partial charge in [0, 0.05) is 42.9 Å². The average molecular weight is 385 g/mol. The van der Waals surface area contributed by atoms with Gasteiger partial charge in [0.05, 0.1) is 0 Å². The SMILES string of the molecule is CN=C(NCCCSC)NC1CCN(c2ccc(Br)cc2)C1. The van der Waals surface area contributed by atoms with E-state index in [0.717, 1.165) is 42.9 Å². The number of halogens is 1. The molecule has 0 aliphatic carbocycles. The van der Waals surface area contributed by atoms with Gasteiger partial charge in [-0.15, -0.1) is 0 Å². The first-order valence-electron chi connectivity index (χ1n) is 7.69. The third-order valence-corrected chi connectivity index (χ3v) is 4.99. The van der Waals surface area contributed by atoms with Gasteiger partial charge in [0.2, 0.25) is 0 Å². The van der Waals surface area contributed by atoms with Crippen LogP contribution in [0.5, 0.6) is 0 Å². The van der Waals surface area contributed by atoms with Gasteiger partial charge >= 0.3 is 0 Å². The normalized spacial score (nSPS) is 18.6. The molecule has 0 aromatic heterocycles. The van der Waals surface area contributed by atoms with Crippen LogP contribution in [0, 0.1) is 0 Å². The fraction of sp³-hybridized carbons (Fsp3) is 0.562. The molecule has 1 aliphatic rings. The van der Waals surface area contributed by atoms with E-state index in [2.05, 4.69) is 67.0 Å². The van der Waals surface area contributed by atoms with Crippen LogP contribution in [-0.4, -0.2) is 50.7 Å². The molecule has 22 heavy (non-hydrogen) atoms. The van der Waals surface area contributed by atoms with E-state index in [1.807, 2.05) is 18.8 Å². The lowest BCUT2D eigenvalue weighted by molar-refractivity contribution is 0.647. The van der Waals surface area contributed by atoms with Gasteiger partial charge in [-0.05, 0) is 49.1 Å². The van der Waals surface area contributed by atoms with Crippen molar-refractivity contribution in [3.8, 4) is 0 Å². The van der Waals surface area contributed by atoms with Crippen LogP contribution < -0.4 is 15.5 Å².